The number of aryl methyl sites for hydroxylation is 2. The molecule has 0 N–H and O–H groups in total. The SMILES string of the molecule is Cc1ccc([C@@H]2SCCN2C(=O)C(Cl)Cl)c(C)c1. The number of benzene rings is 1. The number of hydrogen-bond donors (Lipinski definition) is 0. The predicted octanol–water partition coefficient (Wildman–Crippen LogP) is 3.68. The fourth-order valence-electron chi connectivity index (χ4n) is 2.18. The van der Waals surface area contributed by atoms with Gasteiger partial charge in [0.2, 0.25) is 0 Å². The second-order valence-electron chi connectivity index (χ2n) is 4.42. The summed E-state index contributed by atoms with van der Waals surface area (Å²) in [5, 5.41) is 0.0399. The molecule has 2 rings (SSSR count). The van der Waals surface area contributed by atoms with E-state index in [1.54, 1.807) is 16.7 Å². The normalized spacial score (nSPS) is 19.6. The van der Waals surface area contributed by atoms with Gasteiger partial charge in [-0.05, 0) is 25.0 Å². The van der Waals surface area contributed by atoms with E-state index >= 15 is 0 Å². The molecule has 0 unspecified atom stereocenters. The molecule has 0 saturated carbocycles. The molecule has 1 aliphatic rings. The first-order valence-electron chi connectivity index (χ1n) is 5.78. The largest absolute Gasteiger partial charge is 0.323 e. The Morgan fingerprint density at radius 1 is 1.44 bits per heavy atom. The van der Waals surface area contributed by atoms with Gasteiger partial charge in [0.05, 0.1) is 0 Å². The second-order valence-corrected chi connectivity index (χ2v) is 6.70. The van der Waals surface area contributed by atoms with Crippen LogP contribution in [0.4, 0.5) is 0 Å². The van der Waals surface area contributed by atoms with Crippen molar-refractivity contribution in [1.82, 2.24) is 4.90 Å². The summed E-state index contributed by atoms with van der Waals surface area (Å²) < 4.78 is 0. The monoisotopic (exact) mass is 303 g/mol. The highest BCUT2D eigenvalue weighted by Gasteiger charge is 2.33. The summed E-state index contributed by atoms with van der Waals surface area (Å²) in [4.78, 5) is 12.8. The van der Waals surface area contributed by atoms with E-state index < -0.39 is 4.84 Å². The Morgan fingerprint density at radius 2 is 2.17 bits per heavy atom. The molecule has 1 saturated heterocycles. The van der Waals surface area contributed by atoms with Crippen LogP contribution in [0.3, 0.4) is 0 Å². The van der Waals surface area contributed by atoms with E-state index in [0.717, 1.165) is 5.75 Å². The maximum Gasteiger partial charge on any atom is 0.257 e. The molecule has 1 aromatic carbocycles. The van der Waals surface area contributed by atoms with Crippen LogP contribution < -0.4 is 0 Å². The van der Waals surface area contributed by atoms with E-state index in [9.17, 15) is 4.79 Å². The van der Waals surface area contributed by atoms with Crippen molar-refractivity contribution >= 4 is 40.9 Å². The molecule has 2 nitrogen and oxygen atoms in total. The smallest absolute Gasteiger partial charge is 0.257 e. The van der Waals surface area contributed by atoms with Gasteiger partial charge in [-0.3, -0.25) is 4.79 Å². The molecule has 1 aliphatic heterocycles. The van der Waals surface area contributed by atoms with Gasteiger partial charge < -0.3 is 4.90 Å². The van der Waals surface area contributed by atoms with Crippen molar-refractivity contribution in [2.45, 2.75) is 24.1 Å². The molecule has 1 amide bonds. The fraction of sp³-hybridized carbons (Fsp3) is 0.462. The summed E-state index contributed by atoms with van der Waals surface area (Å²) in [5.41, 5.74) is 3.60. The van der Waals surface area contributed by atoms with Crippen LogP contribution in [0.2, 0.25) is 0 Å². The maximum absolute atomic E-state index is 12.0. The van der Waals surface area contributed by atoms with Crippen LogP contribution in [0.5, 0.6) is 0 Å². The molecule has 1 aromatic rings. The molecular formula is C13H15Cl2NOS. The molecule has 1 atom stereocenters. The minimum atomic E-state index is -0.975. The standard InChI is InChI=1S/C13H15Cl2NOS/c1-8-3-4-10(9(2)7-8)13-16(5-6-18-13)12(17)11(14)15/h3-4,7,11,13H,5-6H2,1-2H3/t13-/m0/s1. The molecule has 0 aliphatic carbocycles. The van der Waals surface area contributed by atoms with Crippen molar-refractivity contribution in [3.05, 3.63) is 34.9 Å². The lowest BCUT2D eigenvalue weighted by atomic mass is 10.1. The number of thioether (sulfide) groups is 1. The number of amides is 1. The third kappa shape index (κ3) is 2.79. The first kappa shape index (κ1) is 14.0. The van der Waals surface area contributed by atoms with Crippen molar-refractivity contribution in [1.29, 1.82) is 0 Å². The Hall–Kier alpha value is -0.380. The van der Waals surface area contributed by atoms with Gasteiger partial charge in [0, 0.05) is 12.3 Å². The van der Waals surface area contributed by atoms with Crippen LogP contribution >= 0.6 is 35.0 Å². The second kappa shape index (κ2) is 5.72. The van der Waals surface area contributed by atoms with E-state index in [2.05, 4.69) is 32.0 Å². The van der Waals surface area contributed by atoms with Crippen molar-refractivity contribution in [2.24, 2.45) is 0 Å². The van der Waals surface area contributed by atoms with Crippen LogP contribution in [0, 0.1) is 13.8 Å². The van der Waals surface area contributed by atoms with Gasteiger partial charge in [-0.25, -0.2) is 0 Å². The van der Waals surface area contributed by atoms with Gasteiger partial charge >= 0.3 is 0 Å². The Bertz CT molecular complexity index is 464. The first-order valence-corrected chi connectivity index (χ1v) is 7.70. The number of nitrogens with zero attached hydrogens (tertiary/aromatic N) is 1. The summed E-state index contributed by atoms with van der Waals surface area (Å²) in [6.45, 7) is 4.84. The highest BCUT2D eigenvalue weighted by Crippen LogP contribution is 2.40. The number of carbonyl (C=O) groups excluding carboxylic acids is 1. The van der Waals surface area contributed by atoms with Gasteiger partial charge in [0.15, 0.2) is 4.84 Å². The summed E-state index contributed by atoms with van der Waals surface area (Å²) in [5.74, 6) is 0.720. The third-order valence-corrected chi connectivity index (χ3v) is 4.67. The van der Waals surface area contributed by atoms with Crippen molar-refractivity contribution in [2.75, 3.05) is 12.3 Å². The topological polar surface area (TPSA) is 20.3 Å². The summed E-state index contributed by atoms with van der Waals surface area (Å²) in [6.07, 6.45) is 0. The Balaban J connectivity index is 2.29. The van der Waals surface area contributed by atoms with Crippen LogP contribution in [-0.4, -0.2) is 27.9 Å². The minimum absolute atomic E-state index is 0.0399. The third-order valence-electron chi connectivity index (χ3n) is 3.05. The average molecular weight is 304 g/mol. The molecule has 0 aromatic heterocycles. The minimum Gasteiger partial charge on any atom is -0.323 e. The molecule has 0 bridgehead atoms. The molecule has 18 heavy (non-hydrogen) atoms. The maximum atomic E-state index is 12.0. The Labute approximate surface area is 122 Å². The first-order chi connectivity index (χ1) is 8.50. The number of rotatable bonds is 2. The molecule has 1 fully saturated rings. The van der Waals surface area contributed by atoms with E-state index in [4.69, 9.17) is 23.2 Å². The zero-order valence-electron chi connectivity index (χ0n) is 10.3. The van der Waals surface area contributed by atoms with Gasteiger partial charge in [-0.2, -0.15) is 0 Å². The van der Waals surface area contributed by atoms with Crippen molar-refractivity contribution < 1.29 is 4.79 Å². The Kier molecular flexibility index (Phi) is 4.46. The van der Waals surface area contributed by atoms with Crippen LogP contribution in [0.15, 0.2) is 18.2 Å². The quantitative estimate of drug-likeness (QED) is 0.777. The predicted molar refractivity (Wildman–Crippen MR) is 78.3 cm³/mol. The zero-order valence-corrected chi connectivity index (χ0v) is 12.6. The number of halogens is 2. The molecular weight excluding hydrogens is 289 g/mol. The lowest BCUT2D eigenvalue weighted by molar-refractivity contribution is -0.129. The van der Waals surface area contributed by atoms with Gasteiger partial charge in [0.1, 0.15) is 5.37 Å². The molecule has 98 valence electrons. The van der Waals surface area contributed by atoms with Gasteiger partial charge in [-0.15, -0.1) is 11.8 Å². The average Bonchev–Trinajstić information content (AvgIpc) is 2.76. The van der Waals surface area contributed by atoms with E-state index in [0.29, 0.717) is 6.54 Å². The van der Waals surface area contributed by atoms with Crippen molar-refractivity contribution in [3.63, 3.8) is 0 Å². The lowest BCUT2D eigenvalue weighted by Gasteiger charge is -2.26. The van der Waals surface area contributed by atoms with Crippen molar-refractivity contribution in [3.8, 4) is 0 Å². The zero-order chi connectivity index (χ0) is 13.3. The molecule has 0 radical (unpaired) electrons. The lowest BCUT2D eigenvalue weighted by Crippen LogP contribution is -2.34. The molecule has 5 heteroatoms. The van der Waals surface area contributed by atoms with E-state index in [-0.39, 0.29) is 11.3 Å². The molecule has 0 spiro atoms. The number of alkyl halides is 2. The highest BCUT2D eigenvalue weighted by atomic mass is 35.5. The van der Waals surface area contributed by atoms with Crippen LogP contribution in [-0.2, 0) is 4.79 Å². The summed E-state index contributed by atoms with van der Waals surface area (Å²) >= 11 is 13.1. The molecule has 1 heterocycles. The van der Waals surface area contributed by atoms with E-state index in [1.165, 1.54) is 16.7 Å². The fourth-order valence-corrected chi connectivity index (χ4v) is 3.79. The van der Waals surface area contributed by atoms with E-state index in [1.807, 2.05) is 0 Å². The summed E-state index contributed by atoms with van der Waals surface area (Å²) in [6, 6.07) is 6.30. The van der Waals surface area contributed by atoms with Crippen LogP contribution in [0.1, 0.15) is 22.1 Å². The number of hydrogen-bond acceptors (Lipinski definition) is 2. The summed E-state index contributed by atoms with van der Waals surface area (Å²) in [7, 11) is 0. The Morgan fingerprint density at radius 3 is 2.78 bits per heavy atom. The van der Waals surface area contributed by atoms with Gasteiger partial charge in [0.25, 0.3) is 5.91 Å². The van der Waals surface area contributed by atoms with Gasteiger partial charge in [-0.1, -0.05) is 47.0 Å². The van der Waals surface area contributed by atoms with Crippen LogP contribution in [0.25, 0.3) is 0 Å². The highest BCUT2D eigenvalue weighted by molar-refractivity contribution is 7.99. The number of carbonyl (C=O) groups is 1.